The average molecular weight is 438 g/mol. The van der Waals surface area contributed by atoms with Gasteiger partial charge >= 0.3 is 12.0 Å². The van der Waals surface area contributed by atoms with Crippen LogP contribution in [-0.2, 0) is 11.2 Å². The maximum absolute atomic E-state index is 13.0. The molecule has 0 spiro atoms. The fourth-order valence-corrected chi connectivity index (χ4v) is 4.08. The lowest BCUT2D eigenvalue weighted by Crippen LogP contribution is -2.35. The second-order valence-corrected chi connectivity index (χ2v) is 7.85. The Balaban J connectivity index is 1.42. The van der Waals surface area contributed by atoms with E-state index in [1.807, 2.05) is 18.2 Å². The molecule has 2 aromatic rings. The van der Waals surface area contributed by atoms with Gasteiger partial charge in [0.05, 0.1) is 25.3 Å². The lowest BCUT2D eigenvalue weighted by atomic mass is 10.0. The number of nitrogens with zero attached hydrogens (tertiary/aromatic N) is 4. The van der Waals surface area contributed by atoms with Crippen LogP contribution in [0.4, 0.5) is 10.6 Å². The van der Waals surface area contributed by atoms with Crippen LogP contribution in [0.3, 0.4) is 0 Å². The minimum atomic E-state index is -0.968. The van der Waals surface area contributed by atoms with Crippen LogP contribution in [0, 0.1) is 0 Å². The number of hydrogen-bond donors (Lipinski definition) is 2. The molecule has 0 saturated carbocycles. The standard InChI is InChI=1S/C23H27N5O4/c1-32-20-9-7-17(15-25-20)19(14-21(29)30)28-13-12-27(23(28)31)11-3-5-18-8-6-16-4-2-10-24-22(16)26-18/h3,5-9,15,19H,2,4,10-14H2,1H3,(H,24,26)(H,29,30)/b5-3-. The Morgan fingerprint density at radius 1 is 1.31 bits per heavy atom. The number of ether oxygens (including phenoxy) is 1. The first-order chi connectivity index (χ1) is 15.5. The number of rotatable bonds is 8. The fourth-order valence-electron chi connectivity index (χ4n) is 4.08. The lowest BCUT2D eigenvalue weighted by molar-refractivity contribution is -0.138. The van der Waals surface area contributed by atoms with Crippen molar-refractivity contribution < 1.29 is 19.4 Å². The Morgan fingerprint density at radius 3 is 2.94 bits per heavy atom. The summed E-state index contributed by atoms with van der Waals surface area (Å²) >= 11 is 0. The van der Waals surface area contributed by atoms with Crippen molar-refractivity contribution in [1.82, 2.24) is 19.8 Å². The summed E-state index contributed by atoms with van der Waals surface area (Å²) in [5.74, 6) is 0.406. The van der Waals surface area contributed by atoms with Gasteiger partial charge in [0.25, 0.3) is 0 Å². The number of carboxylic acids is 1. The summed E-state index contributed by atoms with van der Waals surface area (Å²) < 4.78 is 5.07. The van der Waals surface area contributed by atoms with Crippen LogP contribution in [0.25, 0.3) is 6.08 Å². The van der Waals surface area contributed by atoms with Crippen LogP contribution in [0.15, 0.2) is 36.5 Å². The lowest BCUT2D eigenvalue weighted by Gasteiger charge is -2.27. The first-order valence-corrected chi connectivity index (χ1v) is 10.7. The van der Waals surface area contributed by atoms with E-state index in [0.717, 1.165) is 30.9 Å². The van der Waals surface area contributed by atoms with E-state index >= 15 is 0 Å². The van der Waals surface area contributed by atoms with E-state index < -0.39 is 12.0 Å². The Bertz CT molecular complexity index is 1010. The van der Waals surface area contributed by atoms with Gasteiger partial charge in [-0.1, -0.05) is 18.2 Å². The molecule has 0 radical (unpaired) electrons. The third-order valence-electron chi connectivity index (χ3n) is 5.75. The number of urea groups is 1. The Hall–Kier alpha value is -3.62. The number of hydrogen-bond acceptors (Lipinski definition) is 6. The van der Waals surface area contributed by atoms with Crippen LogP contribution in [0.5, 0.6) is 5.88 Å². The summed E-state index contributed by atoms with van der Waals surface area (Å²) in [4.78, 5) is 36.6. The van der Waals surface area contributed by atoms with E-state index in [1.54, 1.807) is 28.1 Å². The van der Waals surface area contributed by atoms with Crippen molar-refractivity contribution in [1.29, 1.82) is 0 Å². The SMILES string of the molecule is COc1ccc(C(CC(=O)O)N2CCN(C/C=C\c3ccc4c(n3)NCCC4)C2=O)cn1. The highest BCUT2D eigenvalue weighted by atomic mass is 16.5. The van der Waals surface area contributed by atoms with E-state index in [4.69, 9.17) is 4.74 Å². The number of pyridine rings is 2. The predicted octanol–water partition coefficient (Wildman–Crippen LogP) is 2.81. The van der Waals surface area contributed by atoms with Crippen molar-refractivity contribution in [3.8, 4) is 5.88 Å². The van der Waals surface area contributed by atoms with Gasteiger partial charge in [-0.15, -0.1) is 0 Å². The van der Waals surface area contributed by atoms with Crippen LogP contribution in [-0.4, -0.2) is 70.2 Å². The maximum atomic E-state index is 13.0. The average Bonchev–Trinajstić information content (AvgIpc) is 3.17. The van der Waals surface area contributed by atoms with Crippen LogP contribution >= 0.6 is 0 Å². The molecule has 1 saturated heterocycles. The van der Waals surface area contributed by atoms with Crippen molar-refractivity contribution in [2.24, 2.45) is 0 Å². The Morgan fingerprint density at radius 2 is 2.19 bits per heavy atom. The van der Waals surface area contributed by atoms with Gasteiger partial charge in [-0.3, -0.25) is 4.79 Å². The van der Waals surface area contributed by atoms with Crippen molar-refractivity contribution in [2.45, 2.75) is 25.3 Å². The second-order valence-electron chi connectivity index (χ2n) is 7.85. The quantitative estimate of drug-likeness (QED) is 0.654. The van der Waals surface area contributed by atoms with E-state index in [2.05, 4.69) is 21.4 Å². The van der Waals surface area contributed by atoms with Gasteiger partial charge in [0.15, 0.2) is 0 Å². The summed E-state index contributed by atoms with van der Waals surface area (Å²) in [5.41, 5.74) is 2.75. The number of carbonyl (C=O) groups excluding carboxylic acids is 1. The number of methoxy groups -OCH3 is 1. The fraction of sp³-hybridized carbons (Fsp3) is 0.391. The molecule has 2 N–H and O–H groups in total. The van der Waals surface area contributed by atoms with E-state index in [9.17, 15) is 14.7 Å². The number of nitrogens with one attached hydrogen (secondary N) is 1. The number of carboxylic acid groups (broad SMARTS) is 1. The van der Waals surface area contributed by atoms with Crippen LogP contribution < -0.4 is 10.1 Å². The number of anilines is 1. The summed E-state index contributed by atoms with van der Waals surface area (Å²) in [6.45, 7) is 2.36. The molecule has 9 nitrogen and oxygen atoms in total. The molecule has 1 fully saturated rings. The minimum absolute atomic E-state index is 0.184. The molecule has 2 aliphatic rings. The van der Waals surface area contributed by atoms with Crippen molar-refractivity contribution >= 4 is 23.9 Å². The number of fused-ring (bicyclic) bond motifs is 1. The van der Waals surface area contributed by atoms with E-state index in [0.29, 0.717) is 31.1 Å². The zero-order chi connectivity index (χ0) is 22.5. The zero-order valence-corrected chi connectivity index (χ0v) is 18.0. The molecule has 1 atom stereocenters. The normalized spacial score (nSPS) is 16.7. The number of aromatic nitrogens is 2. The second kappa shape index (κ2) is 9.67. The Kier molecular flexibility index (Phi) is 6.53. The van der Waals surface area contributed by atoms with Gasteiger partial charge in [-0.05, 0) is 36.1 Å². The smallest absolute Gasteiger partial charge is 0.320 e. The number of amides is 2. The van der Waals surface area contributed by atoms with Crippen molar-refractivity contribution in [3.63, 3.8) is 0 Å². The number of aliphatic carboxylic acids is 1. The first-order valence-electron chi connectivity index (χ1n) is 10.7. The highest BCUT2D eigenvalue weighted by Gasteiger charge is 2.35. The molecule has 0 aromatic carbocycles. The molecular weight excluding hydrogens is 410 g/mol. The molecule has 32 heavy (non-hydrogen) atoms. The minimum Gasteiger partial charge on any atom is -0.481 e. The maximum Gasteiger partial charge on any atom is 0.320 e. The number of aryl methyl sites for hydroxylation is 1. The molecule has 168 valence electrons. The molecule has 0 bridgehead atoms. The van der Waals surface area contributed by atoms with Crippen LogP contribution in [0.2, 0.25) is 0 Å². The van der Waals surface area contributed by atoms with Gasteiger partial charge in [0.2, 0.25) is 5.88 Å². The van der Waals surface area contributed by atoms with Gasteiger partial charge in [-0.2, -0.15) is 0 Å². The summed E-state index contributed by atoms with van der Waals surface area (Å²) in [5, 5.41) is 12.7. The van der Waals surface area contributed by atoms with E-state index in [-0.39, 0.29) is 12.5 Å². The third kappa shape index (κ3) is 4.82. The largest absolute Gasteiger partial charge is 0.481 e. The molecular formula is C23H27N5O4. The summed E-state index contributed by atoms with van der Waals surface area (Å²) in [6, 6.07) is 6.74. The predicted molar refractivity (Wildman–Crippen MR) is 120 cm³/mol. The summed E-state index contributed by atoms with van der Waals surface area (Å²) in [6.07, 6.45) is 7.37. The monoisotopic (exact) mass is 437 g/mol. The molecule has 9 heteroatoms. The molecule has 4 heterocycles. The van der Waals surface area contributed by atoms with Gasteiger partial charge in [-0.25, -0.2) is 14.8 Å². The number of carbonyl (C=O) groups is 2. The highest BCUT2D eigenvalue weighted by Crippen LogP contribution is 2.29. The third-order valence-corrected chi connectivity index (χ3v) is 5.75. The van der Waals surface area contributed by atoms with Gasteiger partial charge in [0.1, 0.15) is 5.82 Å². The molecule has 4 rings (SSSR count). The van der Waals surface area contributed by atoms with Crippen molar-refractivity contribution in [3.05, 3.63) is 53.4 Å². The first kappa shape index (κ1) is 21.6. The molecule has 2 aliphatic heterocycles. The molecule has 0 aliphatic carbocycles. The summed E-state index contributed by atoms with van der Waals surface area (Å²) in [7, 11) is 1.52. The molecule has 1 unspecified atom stereocenters. The van der Waals surface area contributed by atoms with Gasteiger partial charge in [0, 0.05) is 38.4 Å². The molecule has 2 amide bonds. The topological polar surface area (TPSA) is 108 Å². The highest BCUT2D eigenvalue weighted by molar-refractivity contribution is 5.78. The Labute approximate surface area is 186 Å². The molecule has 2 aromatic heterocycles. The zero-order valence-electron chi connectivity index (χ0n) is 18.0. The van der Waals surface area contributed by atoms with E-state index in [1.165, 1.54) is 12.7 Å². The van der Waals surface area contributed by atoms with Gasteiger partial charge < -0.3 is 25.0 Å². The van der Waals surface area contributed by atoms with Crippen molar-refractivity contribution in [2.75, 3.05) is 38.6 Å². The van der Waals surface area contributed by atoms with Crippen LogP contribution in [0.1, 0.15) is 35.7 Å².